The second kappa shape index (κ2) is 5.70. The molecule has 1 atom stereocenters. The fourth-order valence-electron chi connectivity index (χ4n) is 0.421. The highest BCUT2D eigenvalue weighted by Crippen LogP contribution is 2.07. The van der Waals surface area contributed by atoms with Gasteiger partial charge in [0.2, 0.25) is 0 Å². The Morgan fingerprint density at radius 2 is 2.25 bits per heavy atom. The number of aliphatic carboxylic acids is 1. The Labute approximate surface area is 75.2 Å². The number of aliphatic imine (C=N–C) groups is 1. The number of hydrogen-bond acceptors (Lipinski definition) is 3. The first kappa shape index (κ1) is 11.1. The van der Waals surface area contributed by atoms with E-state index in [-0.39, 0.29) is 11.9 Å². The Balaban J connectivity index is 3.44. The average Bonchev–Trinajstić information content (AvgIpc) is 1.97. The second-order valence-electron chi connectivity index (χ2n) is 2.32. The highest BCUT2D eigenvalue weighted by atomic mass is 32.2. The van der Waals surface area contributed by atoms with Gasteiger partial charge in [0.15, 0.2) is 5.96 Å². The van der Waals surface area contributed by atoms with Crippen molar-refractivity contribution in [1.29, 1.82) is 0 Å². The molecule has 0 saturated heterocycles. The van der Waals surface area contributed by atoms with Gasteiger partial charge in [0, 0.05) is 5.75 Å². The summed E-state index contributed by atoms with van der Waals surface area (Å²) >= 11 is 1.39. The maximum Gasteiger partial charge on any atom is 0.307 e. The summed E-state index contributed by atoms with van der Waals surface area (Å²) in [6.07, 6.45) is 0. The van der Waals surface area contributed by atoms with Crippen LogP contribution in [0.3, 0.4) is 0 Å². The molecule has 0 rings (SSSR count). The number of rotatable bonds is 5. The van der Waals surface area contributed by atoms with Crippen molar-refractivity contribution in [3.63, 3.8) is 0 Å². The number of carbonyl (C=O) groups is 1. The van der Waals surface area contributed by atoms with E-state index in [2.05, 4.69) is 4.99 Å². The second-order valence-corrected chi connectivity index (χ2v) is 3.32. The quantitative estimate of drug-likeness (QED) is 0.314. The van der Waals surface area contributed by atoms with Crippen molar-refractivity contribution in [3.8, 4) is 0 Å². The topological polar surface area (TPSA) is 102 Å². The van der Waals surface area contributed by atoms with E-state index >= 15 is 0 Å². The maximum absolute atomic E-state index is 10.3. The molecule has 0 heterocycles. The molecular formula is C6H13N3O2S. The van der Waals surface area contributed by atoms with Crippen LogP contribution in [0.4, 0.5) is 0 Å². The van der Waals surface area contributed by atoms with Gasteiger partial charge in [-0.15, -0.1) is 11.8 Å². The van der Waals surface area contributed by atoms with Crippen LogP contribution in [0, 0.1) is 5.92 Å². The van der Waals surface area contributed by atoms with Crippen molar-refractivity contribution >= 4 is 23.7 Å². The van der Waals surface area contributed by atoms with E-state index in [9.17, 15) is 4.79 Å². The average molecular weight is 191 g/mol. The Morgan fingerprint density at radius 1 is 1.67 bits per heavy atom. The first-order valence-electron chi connectivity index (χ1n) is 3.40. The first-order chi connectivity index (χ1) is 5.54. The lowest BCUT2D eigenvalue weighted by Gasteiger charge is -2.02. The molecule has 0 aliphatic heterocycles. The number of nitrogens with two attached hydrogens (primary N) is 2. The number of nitrogens with zero attached hydrogens (tertiary/aromatic N) is 1. The van der Waals surface area contributed by atoms with Gasteiger partial charge in [0.05, 0.1) is 11.8 Å². The highest BCUT2D eigenvalue weighted by Gasteiger charge is 2.09. The maximum atomic E-state index is 10.3. The van der Waals surface area contributed by atoms with E-state index in [1.54, 1.807) is 6.92 Å². The van der Waals surface area contributed by atoms with Gasteiger partial charge in [-0.05, 0) is 0 Å². The van der Waals surface area contributed by atoms with Crippen LogP contribution in [0.5, 0.6) is 0 Å². The van der Waals surface area contributed by atoms with Gasteiger partial charge >= 0.3 is 5.97 Å². The molecule has 0 radical (unpaired) electrons. The Kier molecular flexibility index (Phi) is 5.27. The van der Waals surface area contributed by atoms with Crippen molar-refractivity contribution < 1.29 is 9.90 Å². The molecule has 0 aliphatic carbocycles. The van der Waals surface area contributed by atoms with Crippen LogP contribution >= 0.6 is 11.8 Å². The lowest BCUT2D eigenvalue weighted by molar-refractivity contribution is -0.140. The Bertz CT molecular complexity index is 180. The molecule has 0 bridgehead atoms. The van der Waals surface area contributed by atoms with Crippen molar-refractivity contribution in [2.75, 3.05) is 11.6 Å². The van der Waals surface area contributed by atoms with Crippen molar-refractivity contribution in [3.05, 3.63) is 0 Å². The summed E-state index contributed by atoms with van der Waals surface area (Å²) in [5.41, 5.74) is 10.1. The molecule has 0 aromatic carbocycles. The monoisotopic (exact) mass is 191 g/mol. The zero-order valence-corrected chi connectivity index (χ0v) is 7.67. The van der Waals surface area contributed by atoms with Crippen LogP contribution in [0.2, 0.25) is 0 Å². The van der Waals surface area contributed by atoms with E-state index in [1.165, 1.54) is 11.8 Å². The van der Waals surface area contributed by atoms with E-state index < -0.39 is 5.97 Å². The van der Waals surface area contributed by atoms with Gasteiger partial charge in [-0.1, -0.05) is 6.92 Å². The van der Waals surface area contributed by atoms with E-state index in [1.807, 2.05) is 0 Å². The normalized spacial score (nSPS) is 12.1. The summed E-state index contributed by atoms with van der Waals surface area (Å²) in [5.74, 6) is -0.187. The predicted octanol–water partition coefficient (Wildman–Crippen LogP) is -0.329. The molecule has 0 fully saturated rings. The minimum atomic E-state index is -0.799. The molecule has 12 heavy (non-hydrogen) atoms. The van der Waals surface area contributed by atoms with Crippen molar-refractivity contribution in [2.24, 2.45) is 22.4 Å². The van der Waals surface area contributed by atoms with E-state index in [0.717, 1.165) is 0 Å². The number of thioether (sulfide) groups is 1. The third-order valence-electron chi connectivity index (χ3n) is 1.13. The lowest BCUT2D eigenvalue weighted by Crippen LogP contribution is -2.22. The fourth-order valence-corrected chi connectivity index (χ4v) is 1.26. The van der Waals surface area contributed by atoms with E-state index in [4.69, 9.17) is 16.6 Å². The third kappa shape index (κ3) is 5.84. The number of carboxylic acids is 1. The lowest BCUT2D eigenvalue weighted by atomic mass is 10.2. The Morgan fingerprint density at radius 3 is 2.67 bits per heavy atom. The molecule has 5 N–H and O–H groups in total. The number of guanidine groups is 1. The van der Waals surface area contributed by atoms with Gasteiger partial charge < -0.3 is 16.6 Å². The Hall–Kier alpha value is -0.910. The summed E-state index contributed by atoms with van der Waals surface area (Å²) in [7, 11) is 0. The minimum Gasteiger partial charge on any atom is -0.481 e. The molecule has 5 nitrogen and oxygen atoms in total. The summed E-state index contributed by atoms with van der Waals surface area (Å²) in [6, 6.07) is 0. The summed E-state index contributed by atoms with van der Waals surface area (Å²) in [6.45, 7) is 1.64. The molecular weight excluding hydrogens is 178 g/mol. The molecule has 6 heteroatoms. The largest absolute Gasteiger partial charge is 0.481 e. The van der Waals surface area contributed by atoms with Gasteiger partial charge in [0.1, 0.15) is 0 Å². The van der Waals surface area contributed by atoms with E-state index in [0.29, 0.717) is 11.6 Å². The van der Waals surface area contributed by atoms with Crippen LogP contribution in [-0.2, 0) is 4.79 Å². The molecule has 0 aromatic heterocycles. The van der Waals surface area contributed by atoms with Gasteiger partial charge in [0.25, 0.3) is 0 Å². The SMILES string of the molecule is CC(CSCN=C(N)N)C(=O)O. The van der Waals surface area contributed by atoms with Crippen LogP contribution in [0.25, 0.3) is 0 Å². The smallest absolute Gasteiger partial charge is 0.307 e. The molecule has 0 spiro atoms. The third-order valence-corrected chi connectivity index (χ3v) is 2.18. The molecule has 0 aliphatic rings. The van der Waals surface area contributed by atoms with Gasteiger partial charge in [-0.25, -0.2) is 4.99 Å². The van der Waals surface area contributed by atoms with Crippen LogP contribution in [0.1, 0.15) is 6.92 Å². The molecule has 1 unspecified atom stereocenters. The minimum absolute atomic E-state index is 0.0329. The summed E-state index contributed by atoms with van der Waals surface area (Å²) < 4.78 is 0. The highest BCUT2D eigenvalue weighted by molar-refractivity contribution is 7.99. The molecule has 0 saturated carbocycles. The van der Waals surface area contributed by atoms with Crippen LogP contribution in [0.15, 0.2) is 4.99 Å². The van der Waals surface area contributed by atoms with Gasteiger partial charge in [-0.2, -0.15) is 0 Å². The van der Waals surface area contributed by atoms with Crippen molar-refractivity contribution in [1.82, 2.24) is 0 Å². The zero-order chi connectivity index (χ0) is 9.56. The zero-order valence-electron chi connectivity index (χ0n) is 6.86. The standard InChI is InChI=1S/C6H13N3O2S/c1-4(5(10)11)2-12-3-9-6(7)8/h4H,2-3H2,1H3,(H,10,11)(H4,7,8,9). The first-order valence-corrected chi connectivity index (χ1v) is 4.55. The van der Waals surface area contributed by atoms with Crippen molar-refractivity contribution in [2.45, 2.75) is 6.92 Å². The van der Waals surface area contributed by atoms with Crippen LogP contribution in [-0.4, -0.2) is 28.7 Å². The molecule has 70 valence electrons. The van der Waals surface area contributed by atoms with Gasteiger partial charge in [-0.3, -0.25) is 4.79 Å². The number of hydrogen-bond donors (Lipinski definition) is 3. The fraction of sp³-hybridized carbons (Fsp3) is 0.667. The summed E-state index contributed by atoms with van der Waals surface area (Å²) in [5, 5.41) is 8.49. The predicted molar refractivity (Wildman–Crippen MR) is 49.9 cm³/mol. The molecule has 0 amide bonds. The summed E-state index contributed by atoms with van der Waals surface area (Å²) in [4.78, 5) is 14.0. The molecule has 0 aromatic rings. The van der Waals surface area contributed by atoms with Crippen LogP contribution < -0.4 is 11.5 Å². The number of carboxylic acid groups (broad SMARTS) is 1.